The van der Waals surface area contributed by atoms with Gasteiger partial charge in [0.15, 0.2) is 15.4 Å². The molecule has 3 aromatic rings. The molecule has 1 aliphatic heterocycles. The number of benzene rings is 2. The maximum atomic E-state index is 14.9. The van der Waals surface area contributed by atoms with Crippen molar-refractivity contribution < 1.29 is 27.9 Å². The number of morpholine rings is 1. The van der Waals surface area contributed by atoms with E-state index in [9.17, 15) is 23.1 Å². The SMILES string of the molecule is CC(C)(C)S(=O)(=O)CC(C1CC1)N1C(=O)[C@@](C)(Cc2ccc(C(=O)O)cn2)O[C@H](c2cccc(Cl)c2)C1c1ccc(Cl)cc1. The summed E-state index contributed by atoms with van der Waals surface area (Å²) in [5.74, 6) is -1.66. The zero-order valence-corrected chi connectivity index (χ0v) is 27.4. The average Bonchev–Trinajstić information content (AvgIpc) is 3.79. The van der Waals surface area contributed by atoms with Crippen molar-refractivity contribution in [1.82, 2.24) is 9.88 Å². The molecule has 0 bridgehead atoms. The van der Waals surface area contributed by atoms with E-state index in [0.717, 1.165) is 24.0 Å². The van der Waals surface area contributed by atoms with E-state index in [0.29, 0.717) is 15.7 Å². The smallest absolute Gasteiger partial charge is 0.337 e. The van der Waals surface area contributed by atoms with Crippen LogP contribution >= 0.6 is 23.2 Å². The first-order valence-electron chi connectivity index (χ1n) is 14.5. The van der Waals surface area contributed by atoms with Gasteiger partial charge in [-0.1, -0.05) is 47.5 Å². The van der Waals surface area contributed by atoms with Crippen LogP contribution in [0.5, 0.6) is 0 Å². The molecule has 4 atom stereocenters. The van der Waals surface area contributed by atoms with Gasteiger partial charge in [0.25, 0.3) is 5.91 Å². The fraction of sp³-hybridized carbons (Fsp3) is 0.424. The van der Waals surface area contributed by atoms with Crippen LogP contribution in [-0.4, -0.2) is 57.4 Å². The van der Waals surface area contributed by atoms with Crippen LogP contribution in [0.4, 0.5) is 0 Å². The number of sulfone groups is 1. The fourth-order valence-corrected chi connectivity index (χ4v) is 7.45. The van der Waals surface area contributed by atoms with Crippen LogP contribution in [-0.2, 0) is 25.8 Å². The Morgan fingerprint density at radius 3 is 2.30 bits per heavy atom. The highest BCUT2D eigenvalue weighted by molar-refractivity contribution is 7.92. The number of carboxylic acids is 1. The van der Waals surface area contributed by atoms with Crippen LogP contribution in [0, 0.1) is 5.92 Å². The fourth-order valence-electron chi connectivity index (χ4n) is 5.74. The van der Waals surface area contributed by atoms with Gasteiger partial charge in [-0.05, 0) is 94.0 Å². The Balaban J connectivity index is 1.68. The predicted molar refractivity (Wildman–Crippen MR) is 170 cm³/mol. The summed E-state index contributed by atoms with van der Waals surface area (Å²) >= 11 is 12.7. The van der Waals surface area contributed by atoms with Crippen LogP contribution < -0.4 is 0 Å². The number of hydrogen-bond acceptors (Lipinski definition) is 6. The molecule has 234 valence electrons. The number of carbonyl (C=O) groups is 2. The minimum atomic E-state index is -3.63. The summed E-state index contributed by atoms with van der Waals surface area (Å²) in [6.45, 7) is 6.72. The number of pyridine rings is 1. The van der Waals surface area contributed by atoms with Crippen molar-refractivity contribution in [3.05, 3.63) is 99.3 Å². The molecule has 2 heterocycles. The number of aromatic nitrogens is 1. The molecular formula is C33H36Cl2N2O6S. The van der Waals surface area contributed by atoms with Gasteiger partial charge in [-0.3, -0.25) is 9.78 Å². The third-order valence-corrected chi connectivity index (χ3v) is 11.6. The van der Waals surface area contributed by atoms with E-state index >= 15 is 0 Å². The number of carbonyl (C=O) groups excluding carboxylic acids is 1. The van der Waals surface area contributed by atoms with Gasteiger partial charge in [-0.15, -0.1) is 0 Å². The van der Waals surface area contributed by atoms with Crippen molar-refractivity contribution in [2.75, 3.05) is 5.75 Å². The Bertz CT molecular complexity index is 1650. The lowest BCUT2D eigenvalue weighted by atomic mass is 9.85. The molecule has 8 nitrogen and oxygen atoms in total. The quantitative estimate of drug-likeness (QED) is 0.271. The molecular weight excluding hydrogens is 623 g/mol. The first-order chi connectivity index (χ1) is 20.6. The molecule has 5 rings (SSSR count). The molecule has 2 fully saturated rings. The lowest BCUT2D eigenvalue weighted by Crippen LogP contribution is -2.62. The summed E-state index contributed by atoms with van der Waals surface area (Å²) in [7, 11) is -3.63. The number of amides is 1. The number of halogens is 2. The molecule has 1 aromatic heterocycles. The average molecular weight is 660 g/mol. The summed E-state index contributed by atoms with van der Waals surface area (Å²) in [6.07, 6.45) is 2.17. The van der Waals surface area contributed by atoms with E-state index in [1.165, 1.54) is 12.3 Å². The second-order valence-electron chi connectivity index (χ2n) is 12.9. The van der Waals surface area contributed by atoms with E-state index in [1.807, 2.05) is 24.3 Å². The summed E-state index contributed by atoms with van der Waals surface area (Å²) in [6, 6.07) is 16.1. The first-order valence-corrected chi connectivity index (χ1v) is 16.9. The van der Waals surface area contributed by atoms with Crippen LogP contribution in [0.3, 0.4) is 0 Å². The van der Waals surface area contributed by atoms with Crippen molar-refractivity contribution in [2.24, 2.45) is 5.92 Å². The standard InChI is InChI=1S/C33H36Cl2N2O6S/c1-32(2,3)44(41,42)19-27(20-8-9-20)37-28(21-10-13-24(34)14-11-21)29(22-6-5-7-25(35)16-22)43-33(4,31(37)40)17-26-15-12-23(18-36-26)30(38)39/h5-7,10-16,18,20,27-29H,8-9,17,19H2,1-4H3,(H,38,39)/t27?,28?,29-,33-/m1/s1. The molecule has 1 N–H and O–H groups in total. The largest absolute Gasteiger partial charge is 0.478 e. The lowest BCUT2D eigenvalue weighted by molar-refractivity contribution is -0.202. The molecule has 2 aliphatic rings. The normalized spacial score (nSPS) is 23.4. The van der Waals surface area contributed by atoms with E-state index in [4.69, 9.17) is 27.9 Å². The van der Waals surface area contributed by atoms with Crippen molar-refractivity contribution in [3.63, 3.8) is 0 Å². The monoisotopic (exact) mass is 658 g/mol. The molecule has 2 aromatic carbocycles. The second-order valence-corrected chi connectivity index (χ2v) is 16.5. The maximum Gasteiger partial charge on any atom is 0.337 e. The van der Waals surface area contributed by atoms with E-state index in [1.54, 1.807) is 62.9 Å². The summed E-state index contributed by atoms with van der Waals surface area (Å²) in [5, 5.41) is 10.4. The molecule has 2 unspecified atom stereocenters. The van der Waals surface area contributed by atoms with Gasteiger partial charge in [0.05, 0.1) is 22.1 Å². The number of aromatic carboxylic acids is 1. The number of rotatable bonds is 9. The molecule has 1 saturated carbocycles. The predicted octanol–water partition coefficient (Wildman–Crippen LogP) is 6.72. The van der Waals surface area contributed by atoms with Gasteiger partial charge in [0.2, 0.25) is 0 Å². The molecule has 11 heteroatoms. The van der Waals surface area contributed by atoms with Crippen LogP contribution in [0.15, 0.2) is 66.9 Å². The highest BCUT2D eigenvalue weighted by Gasteiger charge is 2.56. The number of nitrogens with zero attached hydrogens (tertiary/aromatic N) is 2. The van der Waals surface area contributed by atoms with Crippen molar-refractivity contribution in [3.8, 4) is 0 Å². The number of hydrogen-bond donors (Lipinski definition) is 1. The van der Waals surface area contributed by atoms with Gasteiger partial charge in [-0.25, -0.2) is 13.2 Å². The molecule has 0 radical (unpaired) electrons. The highest BCUT2D eigenvalue weighted by Crippen LogP contribution is 2.50. The molecule has 1 aliphatic carbocycles. The molecule has 44 heavy (non-hydrogen) atoms. The summed E-state index contributed by atoms with van der Waals surface area (Å²) in [4.78, 5) is 32.3. The third kappa shape index (κ3) is 6.66. The zero-order valence-electron chi connectivity index (χ0n) is 25.0. The Labute approximate surface area is 268 Å². The van der Waals surface area contributed by atoms with Gasteiger partial charge in [0, 0.05) is 34.4 Å². The Morgan fingerprint density at radius 2 is 1.75 bits per heavy atom. The van der Waals surface area contributed by atoms with E-state index in [-0.39, 0.29) is 29.6 Å². The second kappa shape index (κ2) is 12.1. The van der Waals surface area contributed by atoms with Gasteiger partial charge in [-0.2, -0.15) is 0 Å². The summed E-state index contributed by atoms with van der Waals surface area (Å²) < 4.78 is 33.2. The van der Waals surface area contributed by atoms with Crippen LogP contribution in [0.25, 0.3) is 0 Å². The van der Waals surface area contributed by atoms with Crippen molar-refractivity contribution in [1.29, 1.82) is 0 Å². The van der Waals surface area contributed by atoms with E-state index < -0.39 is 44.3 Å². The molecule has 1 amide bonds. The van der Waals surface area contributed by atoms with Crippen LogP contribution in [0.1, 0.15) is 79.9 Å². The Morgan fingerprint density at radius 1 is 1.07 bits per heavy atom. The topological polar surface area (TPSA) is 114 Å². The Kier molecular flexibility index (Phi) is 8.90. The van der Waals surface area contributed by atoms with Crippen LogP contribution in [0.2, 0.25) is 10.0 Å². The third-order valence-electron chi connectivity index (χ3n) is 8.49. The van der Waals surface area contributed by atoms with E-state index in [2.05, 4.69) is 4.98 Å². The van der Waals surface area contributed by atoms with Crippen molar-refractivity contribution >= 4 is 44.9 Å². The maximum absolute atomic E-state index is 14.9. The van der Waals surface area contributed by atoms with Gasteiger partial charge in [0.1, 0.15) is 6.10 Å². The first kappa shape index (κ1) is 32.4. The minimum Gasteiger partial charge on any atom is -0.478 e. The lowest BCUT2D eigenvalue weighted by Gasteiger charge is -2.52. The number of ether oxygens (including phenoxy) is 1. The van der Waals surface area contributed by atoms with Gasteiger partial charge < -0.3 is 14.7 Å². The number of carboxylic acid groups (broad SMARTS) is 1. The Hall–Kier alpha value is -2.98. The van der Waals surface area contributed by atoms with Gasteiger partial charge >= 0.3 is 5.97 Å². The highest BCUT2D eigenvalue weighted by atomic mass is 35.5. The van der Waals surface area contributed by atoms with Crippen molar-refractivity contribution in [2.45, 2.75) is 75.5 Å². The summed E-state index contributed by atoms with van der Waals surface area (Å²) in [5.41, 5.74) is 0.496. The minimum absolute atomic E-state index is 0.00112. The molecule has 0 spiro atoms. The molecule has 1 saturated heterocycles. The zero-order chi connectivity index (χ0) is 32.0.